The van der Waals surface area contributed by atoms with E-state index in [0.29, 0.717) is 77.6 Å². The third-order valence-electron chi connectivity index (χ3n) is 12.1. The van der Waals surface area contributed by atoms with Crippen molar-refractivity contribution in [3.05, 3.63) is 71.5 Å². The van der Waals surface area contributed by atoms with Crippen molar-refractivity contribution in [1.82, 2.24) is 5.06 Å². The van der Waals surface area contributed by atoms with Gasteiger partial charge in [-0.25, -0.2) is 38.5 Å². The maximum atomic E-state index is 12.3. The SMILES string of the molecule is COCCN1/C(=C/C=C/C2=[N+](CCCCCCCC(=O)ON3C(=O)CCC3=O)c3ccc(S(=O)(=O)[O-])cc3C2(C)CCCS(=O)(=O)[O-])C(C)(CCCS(=O)(=O)[O-])c2cc(S(=O)(=O)[O-])ccc21. The number of benzene rings is 2. The van der Waals surface area contributed by atoms with Crippen molar-refractivity contribution in [2.24, 2.45) is 0 Å². The van der Waals surface area contributed by atoms with Crippen LogP contribution in [-0.4, -0.2) is 123 Å². The molecule has 24 heteroatoms. The third-order valence-corrected chi connectivity index (χ3v) is 15.4. The molecule has 3 aliphatic rings. The number of amides is 2. The number of rotatable bonds is 24. The number of hydrogen-bond acceptors (Lipinski definition) is 18. The lowest BCUT2D eigenvalue weighted by Gasteiger charge is -2.30. The molecule has 0 bridgehead atoms. The molecule has 2 amide bonds. The summed E-state index contributed by atoms with van der Waals surface area (Å²) < 4.78 is 151. The molecule has 2 aromatic carbocycles. The molecule has 2 atom stereocenters. The van der Waals surface area contributed by atoms with Crippen LogP contribution in [-0.2, 0) is 75.3 Å². The number of hydrogen-bond donors (Lipinski definition) is 0. The summed E-state index contributed by atoms with van der Waals surface area (Å²) in [5.41, 5.74) is 0.455. The van der Waals surface area contributed by atoms with Crippen molar-refractivity contribution in [3.8, 4) is 0 Å². The van der Waals surface area contributed by atoms with E-state index in [1.807, 2.05) is 9.48 Å². The Hall–Kier alpha value is -4.40. The van der Waals surface area contributed by atoms with E-state index in [0.717, 1.165) is 6.07 Å². The number of fused-ring (bicyclic) bond motifs is 2. The van der Waals surface area contributed by atoms with Gasteiger partial charge in [0.15, 0.2) is 5.71 Å². The van der Waals surface area contributed by atoms with Gasteiger partial charge in [0, 0.05) is 85.3 Å². The van der Waals surface area contributed by atoms with E-state index in [1.165, 1.54) is 37.4 Å². The van der Waals surface area contributed by atoms with E-state index < -0.39 is 90.4 Å². The van der Waals surface area contributed by atoms with Gasteiger partial charge in [0.25, 0.3) is 11.8 Å². The fourth-order valence-electron chi connectivity index (χ4n) is 8.88. The molecule has 0 N–H and O–H groups in total. The molecule has 66 heavy (non-hydrogen) atoms. The van der Waals surface area contributed by atoms with E-state index >= 15 is 0 Å². The Labute approximate surface area is 385 Å². The van der Waals surface area contributed by atoms with Gasteiger partial charge in [-0.05, 0) is 94.3 Å². The molecule has 0 saturated carbocycles. The van der Waals surface area contributed by atoms with Crippen molar-refractivity contribution in [3.63, 3.8) is 0 Å². The van der Waals surface area contributed by atoms with Crippen LogP contribution in [0.2, 0.25) is 0 Å². The number of hydroxylamine groups is 2. The molecule has 0 aliphatic carbocycles. The van der Waals surface area contributed by atoms with Gasteiger partial charge in [0.1, 0.15) is 26.8 Å². The average molecular weight is 999 g/mol. The first-order valence-electron chi connectivity index (χ1n) is 21.1. The van der Waals surface area contributed by atoms with Crippen molar-refractivity contribution >= 4 is 75.3 Å². The molecule has 3 heterocycles. The summed E-state index contributed by atoms with van der Waals surface area (Å²) in [5, 5.41) is 0.493. The van der Waals surface area contributed by atoms with Crippen LogP contribution in [0.1, 0.15) is 102 Å². The molecule has 5 rings (SSSR count). The fraction of sp³-hybridized carbons (Fsp3) is 0.524. The Morgan fingerprint density at radius 2 is 1.29 bits per heavy atom. The number of carbonyl (C=O) groups excluding carboxylic acids is 3. The predicted octanol–water partition coefficient (Wildman–Crippen LogP) is 3.31. The number of nitrogens with zero attached hydrogens (tertiary/aromatic N) is 3. The molecular formula is C42H52N3O17S4-3. The molecule has 20 nitrogen and oxygen atoms in total. The highest BCUT2D eigenvalue weighted by Gasteiger charge is 2.48. The van der Waals surface area contributed by atoms with Crippen molar-refractivity contribution in [2.75, 3.05) is 43.2 Å². The van der Waals surface area contributed by atoms with Crippen LogP contribution in [0.4, 0.5) is 11.4 Å². The lowest BCUT2D eigenvalue weighted by atomic mass is 9.75. The Balaban J connectivity index is 1.53. The minimum Gasteiger partial charge on any atom is -0.748 e. The van der Waals surface area contributed by atoms with Crippen LogP contribution in [0.3, 0.4) is 0 Å². The van der Waals surface area contributed by atoms with E-state index in [9.17, 15) is 66.3 Å². The summed E-state index contributed by atoms with van der Waals surface area (Å²) in [7, 11) is -17.8. The Morgan fingerprint density at radius 3 is 1.86 bits per heavy atom. The lowest BCUT2D eigenvalue weighted by Crippen LogP contribution is -2.32. The van der Waals surface area contributed by atoms with E-state index in [2.05, 4.69) is 0 Å². The lowest BCUT2D eigenvalue weighted by molar-refractivity contribution is -0.438. The molecule has 2 unspecified atom stereocenters. The number of methoxy groups -OCH3 is 1. The zero-order chi connectivity index (χ0) is 48.9. The highest BCUT2D eigenvalue weighted by atomic mass is 32.2. The summed E-state index contributed by atoms with van der Waals surface area (Å²) in [5.74, 6) is -3.33. The van der Waals surface area contributed by atoms with Crippen LogP contribution in [0, 0.1) is 0 Å². The molecular weight excluding hydrogens is 947 g/mol. The largest absolute Gasteiger partial charge is 0.748 e. The first-order chi connectivity index (χ1) is 30.7. The molecule has 0 radical (unpaired) electrons. The van der Waals surface area contributed by atoms with Gasteiger partial charge in [-0.15, -0.1) is 5.06 Å². The molecule has 364 valence electrons. The first kappa shape index (κ1) is 52.6. The minimum atomic E-state index is -4.96. The summed E-state index contributed by atoms with van der Waals surface area (Å²) in [4.78, 5) is 41.5. The van der Waals surface area contributed by atoms with E-state index in [-0.39, 0.29) is 58.1 Å². The van der Waals surface area contributed by atoms with Crippen LogP contribution in [0.25, 0.3) is 0 Å². The van der Waals surface area contributed by atoms with Crippen molar-refractivity contribution in [2.45, 2.75) is 112 Å². The Bertz CT molecular complexity index is 2750. The highest BCUT2D eigenvalue weighted by Crippen LogP contribution is 2.51. The summed E-state index contributed by atoms with van der Waals surface area (Å²) in [6.45, 7) is 4.16. The monoisotopic (exact) mass is 998 g/mol. The van der Waals surface area contributed by atoms with E-state index in [4.69, 9.17) is 9.57 Å². The van der Waals surface area contributed by atoms with Gasteiger partial charge in [0.05, 0.1) is 42.0 Å². The second-order valence-corrected chi connectivity index (χ2v) is 22.6. The van der Waals surface area contributed by atoms with Crippen molar-refractivity contribution < 1.29 is 80.4 Å². The van der Waals surface area contributed by atoms with Crippen molar-refractivity contribution in [1.29, 1.82) is 0 Å². The first-order valence-corrected chi connectivity index (χ1v) is 27.1. The maximum absolute atomic E-state index is 12.3. The van der Waals surface area contributed by atoms with Gasteiger partial charge in [-0.2, -0.15) is 4.58 Å². The molecule has 2 aromatic rings. The van der Waals surface area contributed by atoms with Crippen LogP contribution in [0.5, 0.6) is 0 Å². The summed E-state index contributed by atoms with van der Waals surface area (Å²) in [6.07, 6.45) is 7.56. The number of allylic oxidation sites excluding steroid dienone is 4. The summed E-state index contributed by atoms with van der Waals surface area (Å²) in [6, 6.07) is 7.73. The van der Waals surface area contributed by atoms with Gasteiger partial charge < -0.3 is 32.7 Å². The van der Waals surface area contributed by atoms with Crippen LogP contribution in [0.15, 0.2) is 70.1 Å². The predicted molar refractivity (Wildman–Crippen MR) is 232 cm³/mol. The van der Waals surface area contributed by atoms with Gasteiger partial charge in [0.2, 0.25) is 5.69 Å². The normalized spacial score (nSPS) is 20.9. The number of unbranched alkanes of at least 4 members (excludes halogenated alkanes) is 4. The number of ether oxygens (including phenoxy) is 1. The molecule has 0 aromatic heterocycles. The molecule has 1 saturated heterocycles. The summed E-state index contributed by atoms with van der Waals surface area (Å²) >= 11 is 0. The highest BCUT2D eigenvalue weighted by molar-refractivity contribution is 7.86. The van der Waals surface area contributed by atoms with Crippen LogP contribution < -0.4 is 4.90 Å². The van der Waals surface area contributed by atoms with Gasteiger partial charge in [-0.1, -0.05) is 18.9 Å². The minimum absolute atomic E-state index is 0.0144. The fourth-order valence-corrected chi connectivity index (χ4v) is 10.9. The number of imide groups is 1. The zero-order valence-corrected chi connectivity index (χ0v) is 39.9. The smallest absolute Gasteiger partial charge is 0.333 e. The quantitative estimate of drug-likeness (QED) is 0.0630. The standard InChI is InChI=1S/C42H55N3O17S4/c1-41(21-10-26-63(49,50)51)32-28-30(65(55,56)57)15-17-34(32)43(23-8-6-4-5-7-14-40(48)62-45-38(46)19-20-39(45)47)36(41)12-9-13-37-42(2,22-11-27-64(52,53)54)33-29-31(66(58,59)60)16-18-35(33)44(37)24-25-61-3/h9,12-13,15-18,28-29H,4-8,10-11,14,19-27H2,1-3H3,(H3-,49,50,51,52,53,54,55,56,57,58,59,60)/p-3. The Kier molecular flexibility index (Phi) is 16.6. The topological polar surface area (TPSA) is 308 Å². The van der Waals surface area contributed by atoms with Gasteiger partial charge in [-0.3, -0.25) is 9.59 Å². The van der Waals surface area contributed by atoms with Gasteiger partial charge >= 0.3 is 5.97 Å². The number of carbonyl (C=O) groups is 3. The number of anilines is 1. The molecule has 0 spiro atoms. The zero-order valence-electron chi connectivity index (χ0n) is 36.6. The second-order valence-electron chi connectivity index (χ2n) is 16.8. The van der Waals surface area contributed by atoms with E-state index in [1.54, 1.807) is 32.1 Å². The van der Waals surface area contributed by atoms with Crippen LogP contribution >= 0.6 is 0 Å². The Morgan fingerprint density at radius 1 is 0.742 bits per heavy atom. The molecule has 1 fully saturated rings. The molecule has 3 aliphatic heterocycles. The third kappa shape index (κ3) is 12.8. The average Bonchev–Trinajstić information content (AvgIpc) is 3.74. The second kappa shape index (κ2) is 20.9. The maximum Gasteiger partial charge on any atom is 0.333 e.